The minimum Gasteiger partial charge on any atom is -0.374 e. The topological polar surface area (TPSA) is 75.7 Å². The number of nitrogens with zero attached hydrogens (tertiary/aromatic N) is 1. The van der Waals surface area contributed by atoms with E-state index >= 15 is 0 Å². The van der Waals surface area contributed by atoms with Crippen molar-refractivity contribution in [3.05, 3.63) is 21.9 Å². The van der Waals surface area contributed by atoms with Gasteiger partial charge in [0.2, 0.25) is 15.9 Å². The summed E-state index contributed by atoms with van der Waals surface area (Å²) >= 11 is 1.66. The van der Waals surface area contributed by atoms with E-state index < -0.39 is 10.0 Å². The number of rotatable bonds is 6. The number of sulfonamides is 1. The fourth-order valence-electron chi connectivity index (χ4n) is 2.71. The number of aryl methyl sites for hydroxylation is 1. The summed E-state index contributed by atoms with van der Waals surface area (Å²) in [5, 5.41) is 2.94. The summed E-state index contributed by atoms with van der Waals surface area (Å²) < 4.78 is 29.9. The maximum absolute atomic E-state index is 12.3. The largest absolute Gasteiger partial charge is 0.374 e. The predicted molar refractivity (Wildman–Crippen MR) is 91.0 cm³/mol. The fourth-order valence-corrected chi connectivity index (χ4v) is 4.54. The van der Waals surface area contributed by atoms with Crippen LogP contribution in [0, 0.1) is 12.8 Å². The lowest BCUT2D eigenvalue weighted by Gasteiger charge is -2.29. The highest BCUT2D eigenvalue weighted by atomic mass is 32.2. The molecule has 0 spiro atoms. The minimum atomic E-state index is -3.16. The first-order valence-corrected chi connectivity index (χ1v) is 10.3. The molecule has 1 aromatic rings. The van der Waals surface area contributed by atoms with Crippen LogP contribution in [-0.2, 0) is 19.6 Å². The van der Waals surface area contributed by atoms with Crippen LogP contribution in [0.2, 0.25) is 0 Å². The maximum Gasteiger partial charge on any atom is 0.223 e. The molecule has 130 valence electrons. The number of hydrogen-bond acceptors (Lipinski definition) is 5. The number of carbonyl (C=O) groups is 1. The van der Waals surface area contributed by atoms with E-state index in [-0.39, 0.29) is 17.9 Å². The molecule has 8 heteroatoms. The molecular weight excluding hydrogens is 336 g/mol. The Kier molecular flexibility index (Phi) is 6.19. The van der Waals surface area contributed by atoms with Crippen LogP contribution in [0.4, 0.5) is 0 Å². The van der Waals surface area contributed by atoms with E-state index in [0.717, 1.165) is 4.88 Å². The first kappa shape index (κ1) is 18.4. The van der Waals surface area contributed by atoms with Crippen molar-refractivity contribution in [2.24, 2.45) is 5.92 Å². The Morgan fingerprint density at radius 2 is 2.09 bits per heavy atom. The summed E-state index contributed by atoms with van der Waals surface area (Å²) in [6.07, 6.45) is 2.19. The Labute approximate surface area is 141 Å². The van der Waals surface area contributed by atoms with Gasteiger partial charge in [-0.1, -0.05) is 0 Å². The summed E-state index contributed by atoms with van der Waals surface area (Å²) in [7, 11) is -1.52. The molecule has 1 aliphatic rings. The van der Waals surface area contributed by atoms with Crippen LogP contribution >= 0.6 is 11.3 Å². The molecule has 0 aliphatic carbocycles. The smallest absolute Gasteiger partial charge is 0.223 e. The van der Waals surface area contributed by atoms with E-state index in [4.69, 9.17) is 4.74 Å². The molecule has 1 saturated heterocycles. The number of carbonyl (C=O) groups excluding carboxylic acids is 1. The van der Waals surface area contributed by atoms with Crippen molar-refractivity contribution in [3.63, 3.8) is 0 Å². The van der Waals surface area contributed by atoms with Gasteiger partial charge in [-0.15, -0.1) is 11.3 Å². The van der Waals surface area contributed by atoms with Gasteiger partial charge in [-0.2, -0.15) is 0 Å². The highest BCUT2D eigenvalue weighted by molar-refractivity contribution is 7.88. The Bertz CT molecular complexity index is 634. The number of hydrogen-bond donors (Lipinski definition) is 1. The third-order valence-electron chi connectivity index (χ3n) is 4.12. The predicted octanol–water partition coefficient (Wildman–Crippen LogP) is 1.53. The van der Waals surface area contributed by atoms with Gasteiger partial charge in [0.25, 0.3) is 0 Å². The molecule has 1 aliphatic heterocycles. The Balaban J connectivity index is 1.83. The molecule has 2 heterocycles. The Hall–Kier alpha value is -0.960. The van der Waals surface area contributed by atoms with E-state index in [1.807, 2.05) is 19.1 Å². The number of methoxy groups -OCH3 is 1. The van der Waals surface area contributed by atoms with Crippen LogP contribution in [0.1, 0.15) is 28.7 Å². The van der Waals surface area contributed by atoms with E-state index in [2.05, 4.69) is 5.32 Å². The third kappa shape index (κ3) is 5.00. The maximum atomic E-state index is 12.3. The summed E-state index contributed by atoms with van der Waals surface area (Å²) in [6.45, 7) is 3.29. The van der Waals surface area contributed by atoms with Crippen LogP contribution in [0.5, 0.6) is 0 Å². The van der Waals surface area contributed by atoms with Crippen molar-refractivity contribution in [2.45, 2.75) is 25.9 Å². The van der Waals surface area contributed by atoms with Gasteiger partial charge in [0.1, 0.15) is 6.10 Å². The average Bonchev–Trinajstić information content (AvgIpc) is 2.93. The van der Waals surface area contributed by atoms with Crippen molar-refractivity contribution in [1.29, 1.82) is 0 Å². The molecule has 1 aromatic heterocycles. The summed E-state index contributed by atoms with van der Waals surface area (Å²) in [5.74, 6) is -0.149. The lowest BCUT2D eigenvalue weighted by molar-refractivity contribution is -0.126. The highest BCUT2D eigenvalue weighted by Crippen LogP contribution is 2.25. The van der Waals surface area contributed by atoms with Crippen molar-refractivity contribution in [1.82, 2.24) is 9.62 Å². The van der Waals surface area contributed by atoms with E-state index in [0.29, 0.717) is 32.5 Å². The molecule has 23 heavy (non-hydrogen) atoms. The van der Waals surface area contributed by atoms with E-state index in [1.54, 1.807) is 18.4 Å². The van der Waals surface area contributed by atoms with Crippen LogP contribution in [0.25, 0.3) is 0 Å². The first-order chi connectivity index (χ1) is 10.8. The Morgan fingerprint density at radius 1 is 1.43 bits per heavy atom. The molecule has 1 unspecified atom stereocenters. The average molecular weight is 361 g/mol. The molecule has 1 atom stereocenters. The number of ether oxygens (including phenoxy) is 1. The molecule has 2 rings (SSSR count). The van der Waals surface area contributed by atoms with Gasteiger partial charge in [0.05, 0.1) is 6.26 Å². The van der Waals surface area contributed by atoms with Gasteiger partial charge in [-0.3, -0.25) is 4.79 Å². The monoisotopic (exact) mass is 360 g/mol. The van der Waals surface area contributed by atoms with E-state index in [9.17, 15) is 13.2 Å². The quantitative estimate of drug-likeness (QED) is 0.835. The van der Waals surface area contributed by atoms with Crippen molar-refractivity contribution < 1.29 is 17.9 Å². The fraction of sp³-hybridized carbons (Fsp3) is 0.667. The molecule has 0 radical (unpaired) electrons. The normalized spacial score (nSPS) is 18.7. The minimum absolute atomic E-state index is 0.0199. The number of piperidine rings is 1. The van der Waals surface area contributed by atoms with Gasteiger partial charge in [-0.05, 0) is 31.9 Å². The van der Waals surface area contributed by atoms with Crippen molar-refractivity contribution in [2.75, 3.05) is 33.0 Å². The zero-order chi connectivity index (χ0) is 17.0. The molecule has 1 amide bonds. The molecule has 6 nitrogen and oxygen atoms in total. The second kappa shape index (κ2) is 7.74. The summed E-state index contributed by atoms with van der Waals surface area (Å²) in [5.41, 5.74) is 0. The van der Waals surface area contributed by atoms with Gasteiger partial charge >= 0.3 is 0 Å². The third-order valence-corrected chi connectivity index (χ3v) is 6.51. The van der Waals surface area contributed by atoms with Crippen LogP contribution in [-0.4, -0.2) is 51.6 Å². The van der Waals surface area contributed by atoms with Gasteiger partial charge in [0.15, 0.2) is 0 Å². The standard InChI is InChI=1S/C15H24N2O4S2/c1-11-4-5-14(22-11)13(21-2)10-16-15(18)12-6-8-17(9-7-12)23(3,19)20/h4-5,12-13H,6-10H2,1-3H3,(H,16,18). The van der Waals surface area contributed by atoms with Crippen LogP contribution in [0.3, 0.4) is 0 Å². The molecule has 1 N–H and O–H groups in total. The first-order valence-electron chi connectivity index (χ1n) is 7.63. The lowest BCUT2D eigenvalue weighted by Crippen LogP contribution is -2.43. The van der Waals surface area contributed by atoms with E-state index in [1.165, 1.54) is 15.4 Å². The highest BCUT2D eigenvalue weighted by Gasteiger charge is 2.29. The molecule has 0 saturated carbocycles. The van der Waals surface area contributed by atoms with Crippen LogP contribution < -0.4 is 5.32 Å². The summed E-state index contributed by atoms with van der Waals surface area (Å²) in [6, 6.07) is 4.06. The SMILES string of the molecule is COC(CNC(=O)C1CCN(S(C)(=O)=O)CC1)c1ccc(C)s1. The molecule has 0 bridgehead atoms. The van der Waals surface area contributed by atoms with Crippen molar-refractivity contribution >= 4 is 27.3 Å². The number of amides is 1. The van der Waals surface area contributed by atoms with Gasteiger partial charge in [-0.25, -0.2) is 12.7 Å². The molecule has 1 fully saturated rings. The zero-order valence-electron chi connectivity index (χ0n) is 13.7. The number of thiophene rings is 1. The van der Waals surface area contributed by atoms with Gasteiger partial charge < -0.3 is 10.1 Å². The lowest BCUT2D eigenvalue weighted by atomic mass is 9.97. The van der Waals surface area contributed by atoms with Crippen molar-refractivity contribution in [3.8, 4) is 0 Å². The number of nitrogens with one attached hydrogen (secondary N) is 1. The molecular formula is C15H24N2O4S2. The zero-order valence-corrected chi connectivity index (χ0v) is 15.4. The Morgan fingerprint density at radius 3 is 2.57 bits per heavy atom. The summed E-state index contributed by atoms with van der Waals surface area (Å²) in [4.78, 5) is 14.6. The van der Waals surface area contributed by atoms with Crippen LogP contribution in [0.15, 0.2) is 12.1 Å². The second-order valence-corrected chi connectivity index (χ2v) is 9.16. The van der Waals surface area contributed by atoms with Gasteiger partial charge in [0, 0.05) is 42.4 Å². The second-order valence-electron chi connectivity index (χ2n) is 5.85. The molecule has 0 aromatic carbocycles.